The molecule has 2 aromatic rings. The summed E-state index contributed by atoms with van der Waals surface area (Å²) in [4.78, 5) is 16.1. The standard InChI is InChI=1S/C33H42N2O5/c1-31(2,3)40-30(37)24(17-20-7-5-4-6-8-20)34-23-13-14-33(38)26-18-22-11-12-25(36)28-27(22)32(33,29(23)39-28)15-16-35(26)19-21-9-10-21/h4-8,11-12,21,23-24,26,29,34,36,38H,9-10,13-19H2,1-3H3/t23-,24+,26?,29+,32+,33-/m1/s1. The number of carbonyl (C=O) groups excluding carboxylic acids is 1. The van der Waals surface area contributed by atoms with Crippen LogP contribution in [-0.4, -0.2) is 69.6 Å². The molecule has 0 aromatic heterocycles. The minimum atomic E-state index is -0.949. The van der Waals surface area contributed by atoms with Crippen LogP contribution >= 0.6 is 0 Å². The molecule has 6 atom stereocenters. The zero-order valence-corrected chi connectivity index (χ0v) is 23.9. The van der Waals surface area contributed by atoms with Crippen molar-refractivity contribution in [3.63, 3.8) is 0 Å². The van der Waals surface area contributed by atoms with Gasteiger partial charge in [0.2, 0.25) is 0 Å². The van der Waals surface area contributed by atoms with E-state index in [1.807, 2.05) is 57.2 Å². The van der Waals surface area contributed by atoms with Crippen molar-refractivity contribution in [2.45, 2.75) is 107 Å². The fourth-order valence-corrected chi connectivity index (χ4v) is 8.34. The maximum atomic E-state index is 13.5. The fourth-order valence-electron chi connectivity index (χ4n) is 8.34. The van der Waals surface area contributed by atoms with E-state index in [1.54, 1.807) is 6.07 Å². The summed E-state index contributed by atoms with van der Waals surface area (Å²) in [6, 6.07) is 13.1. The zero-order chi connectivity index (χ0) is 27.9. The molecule has 0 amide bonds. The van der Waals surface area contributed by atoms with Crippen LogP contribution in [0.1, 0.15) is 69.6 Å². The van der Waals surface area contributed by atoms with Gasteiger partial charge in [-0.2, -0.15) is 0 Å². The van der Waals surface area contributed by atoms with Gasteiger partial charge in [-0.05, 0) is 95.4 Å². The summed E-state index contributed by atoms with van der Waals surface area (Å²) < 4.78 is 12.6. The molecular formula is C33H42N2O5. The van der Waals surface area contributed by atoms with Gasteiger partial charge in [-0.3, -0.25) is 15.0 Å². The Morgan fingerprint density at radius 1 is 1.15 bits per heavy atom. The Balaban J connectivity index is 1.25. The number of phenolic OH excluding ortho intramolecular Hbond substituents is 1. The first-order valence-electron chi connectivity index (χ1n) is 15.1. The van der Waals surface area contributed by atoms with Crippen LogP contribution in [0.25, 0.3) is 0 Å². The molecule has 0 radical (unpaired) electrons. The Morgan fingerprint density at radius 3 is 2.65 bits per heavy atom. The highest BCUT2D eigenvalue weighted by atomic mass is 16.6. The van der Waals surface area contributed by atoms with E-state index < -0.39 is 22.7 Å². The molecule has 3 aliphatic carbocycles. The van der Waals surface area contributed by atoms with Crippen LogP contribution in [0.2, 0.25) is 0 Å². The lowest BCUT2D eigenvalue weighted by Gasteiger charge is -2.64. The zero-order valence-electron chi connectivity index (χ0n) is 23.9. The second-order valence-corrected chi connectivity index (χ2v) is 13.9. The molecule has 1 unspecified atom stereocenters. The third kappa shape index (κ3) is 4.07. The second-order valence-electron chi connectivity index (χ2n) is 13.9. The van der Waals surface area contributed by atoms with Crippen LogP contribution in [-0.2, 0) is 27.8 Å². The van der Waals surface area contributed by atoms with Crippen molar-refractivity contribution < 1.29 is 24.5 Å². The van der Waals surface area contributed by atoms with Crippen LogP contribution in [0.15, 0.2) is 42.5 Å². The van der Waals surface area contributed by atoms with Gasteiger partial charge in [0.1, 0.15) is 17.7 Å². The molecule has 7 rings (SSSR count). The number of esters is 1. The van der Waals surface area contributed by atoms with E-state index in [2.05, 4.69) is 10.2 Å². The van der Waals surface area contributed by atoms with E-state index >= 15 is 0 Å². The molecule has 214 valence electrons. The smallest absolute Gasteiger partial charge is 0.324 e. The van der Waals surface area contributed by atoms with Crippen LogP contribution < -0.4 is 10.1 Å². The average Bonchev–Trinajstić information content (AvgIpc) is 3.64. The quantitative estimate of drug-likeness (QED) is 0.454. The van der Waals surface area contributed by atoms with Crippen molar-refractivity contribution in [2.75, 3.05) is 13.1 Å². The van der Waals surface area contributed by atoms with Crippen molar-refractivity contribution in [3.05, 3.63) is 59.2 Å². The summed E-state index contributed by atoms with van der Waals surface area (Å²) in [5.74, 6) is 1.13. The number of nitrogens with one attached hydrogen (secondary N) is 1. The molecule has 2 aromatic carbocycles. The summed E-state index contributed by atoms with van der Waals surface area (Å²) in [5, 5.41) is 27.3. The first-order valence-corrected chi connectivity index (χ1v) is 15.1. The van der Waals surface area contributed by atoms with Crippen LogP contribution in [0.3, 0.4) is 0 Å². The number of hydrogen-bond acceptors (Lipinski definition) is 7. The lowest BCUT2D eigenvalue weighted by molar-refractivity contribution is -0.193. The van der Waals surface area contributed by atoms with Crippen molar-refractivity contribution in [1.82, 2.24) is 10.2 Å². The molecule has 7 heteroatoms. The fraction of sp³-hybridized carbons (Fsp3) is 0.606. The molecule has 2 bridgehead atoms. The highest BCUT2D eigenvalue weighted by Crippen LogP contribution is 2.65. The largest absolute Gasteiger partial charge is 0.504 e. The lowest BCUT2D eigenvalue weighted by atomic mass is 9.48. The topological polar surface area (TPSA) is 91.3 Å². The number of aliphatic hydroxyl groups is 1. The predicted octanol–water partition coefficient (Wildman–Crippen LogP) is 3.87. The Bertz CT molecular complexity index is 1300. The van der Waals surface area contributed by atoms with E-state index in [4.69, 9.17) is 9.47 Å². The summed E-state index contributed by atoms with van der Waals surface area (Å²) in [6.45, 7) is 7.63. The van der Waals surface area contributed by atoms with E-state index in [9.17, 15) is 15.0 Å². The summed E-state index contributed by atoms with van der Waals surface area (Å²) in [7, 11) is 0. The monoisotopic (exact) mass is 546 g/mol. The number of aromatic hydroxyl groups is 1. The third-order valence-corrected chi connectivity index (χ3v) is 10.2. The Kier molecular flexibility index (Phi) is 6.05. The number of carbonyl (C=O) groups is 1. The van der Waals surface area contributed by atoms with Crippen LogP contribution in [0.4, 0.5) is 0 Å². The maximum Gasteiger partial charge on any atom is 0.324 e. The Hall–Kier alpha value is -2.61. The number of rotatable bonds is 7. The number of hydrogen-bond donors (Lipinski definition) is 3. The Morgan fingerprint density at radius 2 is 1.93 bits per heavy atom. The van der Waals surface area contributed by atoms with E-state index in [-0.39, 0.29) is 29.9 Å². The Labute approximate surface area is 236 Å². The molecule has 2 aliphatic heterocycles. The van der Waals surface area contributed by atoms with Crippen molar-refractivity contribution in [3.8, 4) is 11.5 Å². The number of ether oxygens (including phenoxy) is 2. The SMILES string of the molecule is CC(C)(C)OC(=O)[C@H](Cc1ccccc1)N[C@@H]1CC[C@@]2(O)C3Cc4ccc(O)c5c4[C@@]2(CCN3CC2CC2)[C@H]1O5. The van der Waals surface area contributed by atoms with Gasteiger partial charge in [-0.1, -0.05) is 36.4 Å². The number of nitrogens with zero attached hydrogens (tertiary/aromatic N) is 1. The normalized spacial score (nSPS) is 33.1. The van der Waals surface area contributed by atoms with E-state index in [0.29, 0.717) is 25.0 Å². The molecule has 40 heavy (non-hydrogen) atoms. The van der Waals surface area contributed by atoms with E-state index in [0.717, 1.165) is 43.0 Å². The minimum Gasteiger partial charge on any atom is -0.504 e. The van der Waals surface area contributed by atoms with Gasteiger partial charge in [0.05, 0.1) is 11.0 Å². The first kappa shape index (κ1) is 26.3. The van der Waals surface area contributed by atoms with Gasteiger partial charge < -0.3 is 19.7 Å². The van der Waals surface area contributed by atoms with Gasteiger partial charge >= 0.3 is 5.97 Å². The van der Waals surface area contributed by atoms with Crippen LogP contribution in [0, 0.1) is 5.92 Å². The molecule has 2 heterocycles. The van der Waals surface area contributed by atoms with E-state index in [1.165, 1.54) is 18.4 Å². The minimum absolute atomic E-state index is 0.0304. The number of likely N-dealkylation sites (tertiary alicyclic amines) is 1. The highest BCUT2D eigenvalue weighted by molar-refractivity contribution is 5.77. The summed E-state index contributed by atoms with van der Waals surface area (Å²) >= 11 is 0. The van der Waals surface area contributed by atoms with Gasteiger partial charge in [0, 0.05) is 24.2 Å². The number of benzene rings is 2. The second kappa shape index (κ2) is 9.20. The van der Waals surface area contributed by atoms with Gasteiger partial charge in [0.25, 0.3) is 0 Å². The molecular weight excluding hydrogens is 504 g/mol. The molecule has 7 nitrogen and oxygen atoms in total. The summed E-state index contributed by atoms with van der Waals surface area (Å²) in [6.07, 6.45) is 5.52. The predicted molar refractivity (Wildman–Crippen MR) is 151 cm³/mol. The molecule has 3 fully saturated rings. The molecule has 1 saturated heterocycles. The third-order valence-electron chi connectivity index (χ3n) is 10.2. The van der Waals surface area contributed by atoms with Gasteiger partial charge in [-0.15, -0.1) is 0 Å². The lowest BCUT2D eigenvalue weighted by Crippen LogP contribution is -2.78. The van der Waals surface area contributed by atoms with Gasteiger partial charge in [0.15, 0.2) is 11.5 Å². The number of piperidine rings is 1. The van der Waals surface area contributed by atoms with Crippen molar-refractivity contribution in [2.24, 2.45) is 5.92 Å². The molecule has 1 spiro atoms. The molecule has 2 saturated carbocycles. The molecule has 5 aliphatic rings. The first-order chi connectivity index (χ1) is 19.1. The number of phenols is 1. The van der Waals surface area contributed by atoms with Gasteiger partial charge in [-0.25, -0.2) is 0 Å². The highest BCUT2D eigenvalue weighted by Gasteiger charge is 2.73. The van der Waals surface area contributed by atoms with Crippen LogP contribution in [0.5, 0.6) is 11.5 Å². The molecule has 3 N–H and O–H groups in total. The summed E-state index contributed by atoms with van der Waals surface area (Å²) in [5.41, 5.74) is 1.06. The van der Waals surface area contributed by atoms with Crippen molar-refractivity contribution >= 4 is 5.97 Å². The van der Waals surface area contributed by atoms with Crippen molar-refractivity contribution in [1.29, 1.82) is 0 Å². The maximum absolute atomic E-state index is 13.5. The average molecular weight is 547 g/mol.